The molecule has 0 unspecified atom stereocenters. The molecule has 1 heterocycles. The fraction of sp³-hybridized carbons (Fsp3) is 0.700. The largest absolute Gasteiger partial charge is 0.335 e. The summed E-state index contributed by atoms with van der Waals surface area (Å²) in [4.78, 5) is 4.33. The van der Waals surface area contributed by atoms with E-state index in [-0.39, 0.29) is 0 Å². The molecule has 0 aromatic carbocycles. The van der Waals surface area contributed by atoms with Gasteiger partial charge in [0.1, 0.15) is 5.82 Å². The second kappa shape index (κ2) is 5.75. The van der Waals surface area contributed by atoms with Crippen LogP contribution in [0, 0.1) is 0 Å². The summed E-state index contributed by atoms with van der Waals surface area (Å²) in [6.45, 7) is 4.34. The third kappa shape index (κ3) is 3.19. The van der Waals surface area contributed by atoms with Gasteiger partial charge in [-0.1, -0.05) is 6.92 Å². The number of aryl methyl sites for hydroxylation is 2. The van der Waals surface area contributed by atoms with Gasteiger partial charge >= 0.3 is 0 Å². The van der Waals surface area contributed by atoms with Crippen molar-refractivity contribution in [3.05, 3.63) is 18.2 Å². The zero-order valence-electron chi connectivity index (χ0n) is 8.58. The predicted octanol–water partition coefficient (Wildman–Crippen LogP) is 1.45. The van der Waals surface area contributed by atoms with E-state index in [1.165, 1.54) is 18.7 Å². The Morgan fingerprint density at radius 1 is 1.54 bits per heavy atom. The first-order valence-corrected chi connectivity index (χ1v) is 5.03. The lowest BCUT2D eigenvalue weighted by Crippen LogP contribution is -2.12. The zero-order chi connectivity index (χ0) is 9.52. The molecule has 3 heteroatoms. The Morgan fingerprint density at radius 3 is 3.08 bits per heavy atom. The molecule has 0 atom stereocenters. The van der Waals surface area contributed by atoms with Crippen molar-refractivity contribution in [3.63, 3.8) is 0 Å². The molecule has 74 valence electrons. The molecule has 0 spiro atoms. The zero-order valence-corrected chi connectivity index (χ0v) is 8.58. The van der Waals surface area contributed by atoms with Crippen LogP contribution in [-0.2, 0) is 13.0 Å². The van der Waals surface area contributed by atoms with Crippen LogP contribution in [0.3, 0.4) is 0 Å². The van der Waals surface area contributed by atoms with Crippen molar-refractivity contribution < 1.29 is 0 Å². The average Bonchev–Trinajstić information content (AvgIpc) is 2.54. The predicted molar refractivity (Wildman–Crippen MR) is 54.8 cm³/mol. The Balaban J connectivity index is 2.40. The van der Waals surface area contributed by atoms with Crippen molar-refractivity contribution >= 4 is 0 Å². The topological polar surface area (TPSA) is 29.9 Å². The van der Waals surface area contributed by atoms with E-state index in [0.29, 0.717) is 0 Å². The Kier molecular flexibility index (Phi) is 4.54. The van der Waals surface area contributed by atoms with E-state index in [9.17, 15) is 0 Å². The van der Waals surface area contributed by atoms with Crippen LogP contribution in [0.5, 0.6) is 0 Å². The van der Waals surface area contributed by atoms with Crippen LogP contribution in [0.25, 0.3) is 0 Å². The molecule has 0 radical (unpaired) electrons. The highest BCUT2D eigenvalue weighted by Gasteiger charge is 1.99. The number of imidazole rings is 1. The first-order chi connectivity index (χ1) is 6.38. The molecule has 1 N–H and O–H groups in total. The third-order valence-corrected chi connectivity index (χ3v) is 2.10. The molecule has 0 amide bonds. The van der Waals surface area contributed by atoms with Gasteiger partial charge in [-0.05, 0) is 26.4 Å². The van der Waals surface area contributed by atoms with Gasteiger partial charge in [-0.2, -0.15) is 0 Å². The van der Waals surface area contributed by atoms with E-state index in [1.54, 1.807) is 0 Å². The van der Waals surface area contributed by atoms with Gasteiger partial charge in [0.05, 0.1) is 0 Å². The van der Waals surface area contributed by atoms with Gasteiger partial charge in [0.25, 0.3) is 0 Å². The van der Waals surface area contributed by atoms with Gasteiger partial charge in [0, 0.05) is 25.4 Å². The number of rotatable bonds is 6. The van der Waals surface area contributed by atoms with Crippen LogP contribution < -0.4 is 5.32 Å². The fourth-order valence-corrected chi connectivity index (χ4v) is 1.42. The summed E-state index contributed by atoms with van der Waals surface area (Å²) in [6.07, 6.45) is 7.39. The summed E-state index contributed by atoms with van der Waals surface area (Å²) in [5.74, 6) is 1.22. The molecule has 0 aliphatic rings. The third-order valence-electron chi connectivity index (χ3n) is 2.10. The normalized spacial score (nSPS) is 10.6. The van der Waals surface area contributed by atoms with E-state index >= 15 is 0 Å². The summed E-state index contributed by atoms with van der Waals surface area (Å²) in [7, 11) is 1.99. The number of nitrogens with one attached hydrogen (secondary N) is 1. The Labute approximate surface area is 80.2 Å². The maximum atomic E-state index is 4.33. The quantitative estimate of drug-likeness (QED) is 0.673. The van der Waals surface area contributed by atoms with Gasteiger partial charge in [-0.3, -0.25) is 0 Å². The molecule has 1 rings (SSSR count). The number of hydrogen-bond acceptors (Lipinski definition) is 2. The minimum Gasteiger partial charge on any atom is -0.335 e. The first kappa shape index (κ1) is 10.3. The highest BCUT2D eigenvalue weighted by Crippen LogP contribution is 2.01. The van der Waals surface area contributed by atoms with E-state index in [2.05, 4.69) is 28.0 Å². The first-order valence-electron chi connectivity index (χ1n) is 5.03. The van der Waals surface area contributed by atoms with Crippen LogP contribution >= 0.6 is 0 Å². The van der Waals surface area contributed by atoms with Crippen LogP contribution in [-0.4, -0.2) is 23.1 Å². The van der Waals surface area contributed by atoms with Crippen LogP contribution in [0.2, 0.25) is 0 Å². The Morgan fingerprint density at radius 2 is 2.38 bits per heavy atom. The Bertz CT molecular complexity index is 230. The van der Waals surface area contributed by atoms with Gasteiger partial charge in [-0.15, -0.1) is 0 Å². The molecule has 1 aromatic rings. The molecular weight excluding hydrogens is 162 g/mol. The summed E-state index contributed by atoms with van der Waals surface area (Å²) < 4.78 is 2.25. The van der Waals surface area contributed by atoms with Crippen molar-refractivity contribution in [1.82, 2.24) is 14.9 Å². The summed E-state index contributed by atoms with van der Waals surface area (Å²) in [6, 6.07) is 0. The molecule has 1 aromatic heterocycles. The molecule has 0 fully saturated rings. The molecule has 13 heavy (non-hydrogen) atoms. The molecule has 0 aliphatic heterocycles. The molecule has 0 saturated carbocycles. The van der Waals surface area contributed by atoms with Gasteiger partial charge in [-0.25, -0.2) is 4.98 Å². The summed E-state index contributed by atoms with van der Waals surface area (Å²) in [5.41, 5.74) is 0. The van der Waals surface area contributed by atoms with Crippen molar-refractivity contribution in [2.24, 2.45) is 0 Å². The lowest BCUT2D eigenvalue weighted by Gasteiger charge is -2.06. The van der Waals surface area contributed by atoms with E-state index in [4.69, 9.17) is 0 Å². The maximum Gasteiger partial charge on any atom is 0.108 e. The second-order valence-electron chi connectivity index (χ2n) is 3.24. The van der Waals surface area contributed by atoms with Crippen molar-refractivity contribution in [1.29, 1.82) is 0 Å². The van der Waals surface area contributed by atoms with Gasteiger partial charge < -0.3 is 9.88 Å². The highest BCUT2D eigenvalue weighted by atomic mass is 15.1. The SMILES string of the molecule is CCCc1nccn1CCCNC. The van der Waals surface area contributed by atoms with E-state index in [0.717, 1.165) is 19.5 Å². The maximum absolute atomic E-state index is 4.33. The smallest absolute Gasteiger partial charge is 0.108 e. The van der Waals surface area contributed by atoms with Crippen LogP contribution in [0.1, 0.15) is 25.6 Å². The minimum absolute atomic E-state index is 1.07. The lowest BCUT2D eigenvalue weighted by atomic mass is 10.3. The van der Waals surface area contributed by atoms with Gasteiger partial charge in [0.2, 0.25) is 0 Å². The molecule has 0 saturated heterocycles. The summed E-state index contributed by atoms with van der Waals surface area (Å²) in [5, 5.41) is 3.15. The minimum atomic E-state index is 1.07. The summed E-state index contributed by atoms with van der Waals surface area (Å²) >= 11 is 0. The number of aromatic nitrogens is 2. The van der Waals surface area contributed by atoms with Crippen molar-refractivity contribution in [3.8, 4) is 0 Å². The average molecular weight is 181 g/mol. The fourth-order valence-electron chi connectivity index (χ4n) is 1.42. The molecule has 0 bridgehead atoms. The van der Waals surface area contributed by atoms with E-state index in [1.807, 2.05) is 13.2 Å². The van der Waals surface area contributed by atoms with E-state index < -0.39 is 0 Å². The molecule has 3 nitrogen and oxygen atoms in total. The highest BCUT2D eigenvalue weighted by molar-refractivity contribution is 4.92. The van der Waals surface area contributed by atoms with Crippen molar-refractivity contribution in [2.75, 3.05) is 13.6 Å². The van der Waals surface area contributed by atoms with Gasteiger partial charge in [0.15, 0.2) is 0 Å². The monoisotopic (exact) mass is 181 g/mol. The Hall–Kier alpha value is -0.830. The molecule has 0 aliphatic carbocycles. The van der Waals surface area contributed by atoms with Crippen LogP contribution in [0.15, 0.2) is 12.4 Å². The number of hydrogen-bond donors (Lipinski definition) is 1. The second-order valence-corrected chi connectivity index (χ2v) is 3.24. The van der Waals surface area contributed by atoms with Crippen LogP contribution in [0.4, 0.5) is 0 Å². The standard InChI is InChI=1S/C10H19N3/c1-3-5-10-12-7-9-13(10)8-4-6-11-2/h7,9,11H,3-6,8H2,1-2H3. The lowest BCUT2D eigenvalue weighted by molar-refractivity contribution is 0.586. The van der Waals surface area contributed by atoms with Crippen molar-refractivity contribution in [2.45, 2.75) is 32.7 Å². The molecular formula is C10H19N3. The number of nitrogens with zero attached hydrogens (tertiary/aromatic N) is 2.